The summed E-state index contributed by atoms with van der Waals surface area (Å²) in [7, 11) is 0. The van der Waals surface area contributed by atoms with Gasteiger partial charge in [0.25, 0.3) is 0 Å². The molecule has 0 N–H and O–H groups in total. The Hall–Kier alpha value is -2.41. The highest BCUT2D eigenvalue weighted by molar-refractivity contribution is 6.00. The summed E-state index contributed by atoms with van der Waals surface area (Å²) in [6.45, 7) is 0. The summed E-state index contributed by atoms with van der Waals surface area (Å²) >= 11 is 0. The molecule has 1 heterocycles. The van der Waals surface area contributed by atoms with Crippen molar-refractivity contribution in [3.05, 3.63) is 59.8 Å². The number of rotatable bonds is 3. The molecule has 17 heavy (non-hydrogen) atoms. The maximum atomic E-state index is 12.7. The van der Waals surface area contributed by atoms with Crippen molar-refractivity contribution in [1.82, 2.24) is 0 Å². The molecule has 0 bridgehead atoms. The van der Waals surface area contributed by atoms with Crippen molar-refractivity contribution >= 4 is 5.78 Å². The number of carbonyl (C=O) groups excluding carboxylic acids is 1. The van der Waals surface area contributed by atoms with E-state index in [9.17, 15) is 9.18 Å². The van der Waals surface area contributed by atoms with Gasteiger partial charge in [-0.15, -0.1) is 0 Å². The van der Waals surface area contributed by atoms with Gasteiger partial charge in [0, 0.05) is 0 Å². The molecule has 0 spiro atoms. The Morgan fingerprint density at radius 2 is 2.00 bits per heavy atom. The third-order valence-electron chi connectivity index (χ3n) is 2.36. The first kappa shape index (κ1) is 11.1. The molecule has 2 aromatic rings. The summed E-state index contributed by atoms with van der Waals surface area (Å²) in [6, 6.07) is 10.2. The first-order valence-electron chi connectivity index (χ1n) is 4.95. The SMILES string of the molecule is N#CC(C(=O)c1ccco1)c1ccc(F)cc1. The van der Waals surface area contributed by atoms with Crippen molar-refractivity contribution in [2.45, 2.75) is 5.92 Å². The van der Waals surface area contributed by atoms with Gasteiger partial charge in [-0.25, -0.2) is 4.39 Å². The molecule has 0 aliphatic rings. The summed E-state index contributed by atoms with van der Waals surface area (Å²) in [4.78, 5) is 11.9. The molecule has 0 radical (unpaired) electrons. The lowest BCUT2D eigenvalue weighted by molar-refractivity contribution is 0.0952. The average Bonchev–Trinajstić information content (AvgIpc) is 2.86. The normalized spacial score (nSPS) is 11.8. The van der Waals surface area contributed by atoms with Gasteiger partial charge < -0.3 is 4.42 Å². The molecule has 0 aliphatic carbocycles. The molecule has 0 aliphatic heterocycles. The number of hydrogen-bond donors (Lipinski definition) is 0. The highest BCUT2D eigenvalue weighted by atomic mass is 19.1. The third-order valence-corrected chi connectivity index (χ3v) is 2.36. The molecule has 0 saturated heterocycles. The van der Waals surface area contributed by atoms with Crippen LogP contribution in [0.5, 0.6) is 0 Å². The maximum Gasteiger partial charge on any atom is 0.219 e. The van der Waals surface area contributed by atoms with E-state index in [0.29, 0.717) is 5.56 Å². The zero-order valence-corrected chi connectivity index (χ0v) is 8.76. The Balaban J connectivity index is 2.32. The van der Waals surface area contributed by atoms with Gasteiger partial charge in [0.1, 0.15) is 11.7 Å². The van der Waals surface area contributed by atoms with Crippen LogP contribution in [0.4, 0.5) is 4.39 Å². The Labute approximate surface area is 97.1 Å². The number of nitriles is 1. The van der Waals surface area contributed by atoms with Gasteiger partial charge in [0.15, 0.2) is 5.76 Å². The number of carbonyl (C=O) groups is 1. The summed E-state index contributed by atoms with van der Waals surface area (Å²) in [6.07, 6.45) is 1.37. The van der Waals surface area contributed by atoms with E-state index in [2.05, 4.69) is 0 Å². The summed E-state index contributed by atoms with van der Waals surface area (Å²) in [5, 5.41) is 9.01. The molecule has 0 saturated carbocycles. The Morgan fingerprint density at radius 3 is 2.53 bits per heavy atom. The van der Waals surface area contributed by atoms with Crippen LogP contribution >= 0.6 is 0 Å². The Kier molecular flexibility index (Phi) is 3.01. The van der Waals surface area contributed by atoms with Crippen LogP contribution in [0.1, 0.15) is 22.0 Å². The van der Waals surface area contributed by atoms with Crippen LogP contribution in [-0.2, 0) is 0 Å². The second kappa shape index (κ2) is 4.62. The van der Waals surface area contributed by atoms with Gasteiger partial charge in [-0.1, -0.05) is 12.1 Å². The molecule has 4 heteroatoms. The second-order valence-electron chi connectivity index (χ2n) is 3.46. The Morgan fingerprint density at radius 1 is 1.29 bits per heavy atom. The maximum absolute atomic E-state index is 12.7. The predicted octanol–water partition coefficient (Wildman–Crippen LogP) is 2.91. The molecule has 84 valence electrons. The lowest BCUT2D eigenvalue weighted by atomic mass is 9.95. The zero-order chi connectivity index (χ0) is 12.3. The van der Waals surface area contributed by atoms with Crippen LogP contribution in [0, 0.1) is 17.1 Å². The van der Waals surface area contributed by atoms with E-state index in [0.717, 1.165) is 0 Å². The van der Waals surface area contributed by atoms with Gasteiger partial charge in [-0.3, -0.25) is 4.79 Å². The molecule has 1 atom stereocenters. The van der Waals surface area contributed by atoms with Crippen LogP contribution in [-0.4, -0.2) is 5.78 Å². The molecule has 1 aromatic carbocycles. The van der Waals surface area contributed by atoms with E-state index in [1.165, 1.54) is 36.6 Å². The number of nitrogens with zero attached hydrogens (tertiary/aromatic N) is 1. The van der Waals surface area contributed by atoms with Crippen molar-refractivity contribution in [3.63, 3.8) is 0 Å². The smallest absolute Gasteiger partial charge is 0.219 e. The van der Waals surface area contributed by atoms with Crippen LogP contribution in [0.15, 0.2) is 47.1 Å². The van der Waals surface area contributed by atoms with Gasteiger partial charge in [-0.2, -0.15) is 5.26 Å². The van der Waals surface area contributed by atoms with E-state index in [4.69, 9.17) is 9.68 Å². The monoisotopic (exact) mass is 229 g/mol. The van der Waals surface area contributed by atoms with Gasteiger partial charge in [0.05, 0.1) is 12.3 Å². The lowest BCUT2D eigenvalue weighted by Gasteiger charge is -2.06. The van der Waals surface area contributed by atoms with Gasteiger partial charge in [-0.05, 0) is 29.8 Å². The minimum atomic E-state index is -0.971. The molecule has 0 amide bonds. The largest absolute Gasteiger partial charge is 0.461 e. The first-order valence-corrected chi connectivity index (χ1v) is 4.95. The van der Waals surface area contributed by atoms with E-state index in [-0.39, 0.29) is 5.76 Å². The Bertz CT molecular complexity index is 552. The third kappa shape index (κ3) is 2.23. The van der Waals surface area contributed by atoms with Crippen molar-refractivity contribution in [2.24, 2.45) is 0 Å². The zero-order valence-electron chi connectivity index (χ0n) is 8.76. The first-order chi connectivity index (χ1) is 8.22. The van der Waals surface area contributed by atoms with Crippen LogP contribution in [0.25, 0.3) is 0 Å². The summed E-state index contributed by atoms with van der Waals surface area (Å²) < 4.78 is 17.7. The van der Waals surface area contributed by atoms with Crippen LogP contribution in [0.2, 0.25) is 0 Å². The van der Waals surface area contributed by atoms with E-state index >= 15 is 0 Å². The number of Topliss-reactive ketones (excluding diaryl/α,β-unsaturated/α-hetero) is 1. The van der Waals surface area contributed by atoms with Gasteiger partial charge >= 0.3 is 0 Å². The number of hydrogen-bond acceptors (Lipinski definition) is 3. The molecule has 2 rings (SSSR count). The van der Waals surface area contributed by atoms with Crippen molar-refractivity contribution in [2.75, 3.05) is 0 Å². The predicted molar refractivity (Wildman–Crippen MR) is 57.8 cm³/mol. The number of furan rings is 1. The molecular weight excluding hydrogens is 221 g/mol. The van der Waals surface area contributed by atoms with Crippen molar-refractivity contribution < 1.29 is 13.6 Å². The fraction of sp³-hybridized carbons (Fsp3) is 0.0769. The van der Waals surface area contributed by atoms with E-state index in [1.807, 2.05) is 6.07 Å². The van der Waals surface area contributed by atoms with Crippen molar-refractivity contribution in [3.8, 4) is 6.07 Å². The quantitative estimate of drug-likeness (QED) is 0.760. The topological polar surface area (TPSA) is 54.0 Å². The second-order valence-corrected chi connectivity index (χ2v) is 3.46. The number of benzene rings is 1. The van der Waals surface area contributed by atoms with Crippen LogP contribution < -0.4 is 0 Å². The average molecular weight is 229 g/mol. The highest BCUT2D eigenvalue weighted by Crippen LogP contribution is 2.20. The summed E-state index contributed by atoms with van der Waals surface area (Å²) in [5.41, 5.74) is 0.454. The molecule has 0 fully saturated rings. The molecule has 1 aromatic heterocycles. The molecule has 3 nitrogen and oxygen atoms in total. The highest BCUT2D eigenvalue weighted by Gasteiger charge is 2.23. The fourth-order valence-electron chi connectivity index (χ4n) is 1.50. The van der Waals surface area contributed by atoms with Crippen molar-refractivity contribution in [1.29, 1.82) is 5.26 Å². The number of halogens is 1. The standard InChI is InChI=1S/C13H8FNO2/c14-10-5-3-9(4-6-10)11(8-15)13(16)12-2-1-7-17-12/h1-7,11H. The molecule has 1 unspecified atom stereocenters. The van der Waals surface area contributed by atoms with E-state index < -0.39 is 17.5 Å². The van der Waals surface area contributed by atoms with Gasteiger partial charge in [0.2, 0.25) is 5.78 Å². The van der Waals surface area contributed by atoms with E-state index in [1.54, 1.807) is 6.07 Å². The molecular formula is C13H8FNO2. The number of ketones is 1. The minimum Gasteiger partial charge on any atom is -0.461 e. The fourth-order valence-corrected chi connectivity index (χ4v) is 1.50. The van der Waals surface area contributed by atoms with Crippen LogP contribution in [0.3, 0.4) is 0 Å². The lowest BCUT2D eigenvalue weighted by Crippen LogP contribution is -2.10. The minimum absolute atomic E-state index is 0.126. The summed E-state index contributed by atoms with van der Waals surface area (Å²) in [5.74, 6) is -1.68.